The van der Waals surface area contributed by atoms with Crippen molar-refractivity contribution < 1.29 is 24.1 Å². The minimum Gasteiger partial charge on any atom is -0.459 e. The fraction of sp³-hybridized carbons (Fsp3) is 0.364. The summed E-state index contributed by atoms with van der Waals surface area (Å²) in [5.41, 5.74) is 0.380. The summed E-state index contributed by atoms with van der Waals surface area (Å²) in [4.78, 5) is 11.5. The normalized spacial score (nSPS) is 14.6. The quantitative estimate of drug-likeness (QED) is 0.774. The molecule has 0 spiro atoms. The Morgan fingerprint density at radius 2 is 2.25 bits per heavy atom. The van der Waals surface area contributed by atoms with Gasteiger partial charge in [-0.05, 0) is 25.1 Å². The molecular formula is C11H12O5. The van der Waals surface area contributed by atoms with Gasteiger partial charge in [-0.1, -0.05) is 0 Å². The second-order valence-electron chi connectivity index (χ2n) is 3.52. The second-order valence-corrected chi connectivity index (χ2v) is 3.52. The molecule has 16 heavy (non-hydrogen) atoms. The van der Waals surface area contributed by atoms with Crippen LogP contribution >= 0.6 is 0 Å². The molecule has 1 aliphatic heterocycles. The Labute approximate surface area is 92.5 Å². The molecule has 0 aliphatic carbocycles. The Hall–Kier alpha value is -1.75. The van der Waals surface area contributed by atoms with Crippen LogP contribution in [0.5, 0.6) is 11.5 Å². The number of aliphatic hydroxyl groups is 1. The molecular weight excluding hydrogens is 212 g/mol. The molecule has 1 N–H and O–H groups in total. The zero-order valence-electron chi connectivity index (χ0n) is 8.80. The standard InChI is InChI=1S/C11H12O5/c1-7(12)5-14-11(13)8-2-3-9-10(4-8)16-6-15-9/h2-4,7,12H,5-6H2,1H3. The maximum atomic E-state index is 11.5. The number of hydrogen-bond donors (Lipinski definition) is 1. The number of carbonyl (C=O) groups excluding carboxylic acids is 1. The molecule has 0 saturated carbocycles. The summed E-state index contributed by atoms with van der Waals surface area (Å²) in [5, 5.41) is 8.98. The first-order valence-corrected chi connectivity index (χ1v) is 4.91. The van der Waals surface area contributed by atoms with Crippen LogP contribution in [0.25, 0.3) is 0 Å². The summed E-state index contributed by atoms with van der Waals surface area (Å²) < 4.78 is 15.1. The Morgan fingerprint density at radius 3 is 3.00 bits per heavy atom. The van der Waals surface area contributed by atoms with Gasteiger partial charge in [0.1, 0.15) is 6.61 Å². The van der Waals surface area contributed by atoms with Crippen LogP contribution in [-0.2, 0) is 4.74 Å². The third kappa shape index (κ3) is 2.25. The predicted octanol–water partition coefficient (Wildman–Crippen LogP) is 0.953. The topological polar surface area (TPSA) is 65.0 Å². The van der Waals surface area contributed by atoms with E-state index in [1.807, 2.05) is 0 Å². The van der Waals surface area contributed by atoms with Crippen LogP contribution in [0, 0.1) is 0 Å². The summed E-state index contributed by atoms with van der Waals surface area (Å²) in [7, 11) is 0. The highest BCUT2D eigenvalue weighted by molar-refractivity contribution is 5.90. The predicted molar refractivity (Wildman–Crippen MR) is 54.5 cm³/mol. The van der Waals surface area contributed by atoms with Crippen LogP contribution in [0.2, 0.25) is 0 Å². The lowest BCUT2D eigenvalue weighted by Gasteiger charge is -2.06. The van der Waals surface area contributed by atoms with E-state index < -0.39 is 12.1 Å². The van der Waals surface area contributed by atoms with E-state index in [0.717, 1.165) is 0 Å². The van der Waals surface area contributed by atoms with Crippen molar-refractivity contribution in [3.63, 3.8) is 0 Å². The van der Waals surface area contributed by atoms with Crippen LogP contribution in [0.1, 0.15) is 17.3 Å². The Balaban J connectivity index is 2.06. The fourth-order valence-electron chi connectivity index (χ4n) is 1.30. The summed E-state index contributed by atoms with van der Waals surface area (Å²) >= 11 is 0. The summed E-state index contributed by atoms with van der Waals surface area (Å²) in [5.74, 6) is 0.665. The van der Waals surface area contributed by atoms with Gasteiger partial charge in [-0.3, -0.25) is 0 Å². The first-order chi connectivity index (χ1) is 7.66. The van der Waals surface area contributed by atoms with E-state index in [0.29, 0.717) is 17.1 Å². The number of rotatable bonds is 3. The third-order valence-electron chi connectivity index (χ3n) is 2.06. The molecule has 0 bridgehead atoms. The molecule has 2 rings (SSSR count). The fourth-order valence-corrected chi connectivity index (χ4v) is 1.30. The molecule has 0 fully saturated rings. The molecule has 1 atom stereocenters. The van der Waals surface area contributed by atoms with Gasteiger partial charge >= 0.3 is 5.97 Å². The highest BCUT2D eigenvalue weighted by Crippen LogP contribution is 2.32. The number of aliphatic hydroxyl groups excluding tert-OH is 1. The van der Waals surface area contributed by atoms with E-state index in [-0.39, 0.29) is 13.4 Å². The van der Waals surface area contributed by atoms with Crippen molar-refractivity contribution >= 4 is 5.97 Å². The molecule has 1 aliphatic rings. The van der Waals surface area contributed by atoms with Gasteiger partial charge in [-0.25, -0.2) is 4.79 Å². The third-order valence-corrected chi connectivity index (χ3v) is 2.06. The van der Waals surface area contributed by atoms with E-state index >= 15 is 0 Å². The van der Waals surface area contributed by atoms with Crippen molar-refractivity contribution in [2.45, 2.75) is 13.0 Å². The van der Waals surface area contributed by atoms with Gasteiger partial charge in [0.25, 0.3) is 0 Å². The molecule has 0 saturated heterocycles. The van der Waals surface area contributed by atoms with Crippen molar-refractivity contribution in [3.8, 4) is 11.5 Å². The molecule has 1 heterocycles. The van der Waals surface area contributed by atoms with Gasteiger partial charge in [-0.15, -0.1) is 0 Å². The van der Waals surface area contributed by atoms with Crippen LogP contribution < -0.4 is 9.47 Å². The molecule has 1 aromatic rings. The van der Waals surface area contributed by atoms with Crippen LogP contribution in [0.4, 0.5) is 0 Å². The SMILES string of the molecule is CC(O)COC(=O)c1ccc2c(c1)OCO2. The molecule has 1 unspecified atom stereocenters. The smallest absolute Gasteiger partial charge is 0.338 e. The maximum absolute atomic E-state index is 11.5. The number of benzene rings is 1. The Morgan fingerprint density at radius 1 is 1.50 bits per heavy atom. The van der Waals surface area contributed by atoms with Gasteiger partial charge in [-0.2, -0.15) is 0 Å². The highest BCUT2D eigenvalue weighted by Gasteiger charge is 2.17. The Bertz CT molecular complexity index is 399. The monoisotopic (exact) mass is 224 g/mol. The van der Waals surface area contributed by atoms with Crippen molar-refractivity contribution in [2.24, 2.45) is 0 Å². The van der Waals surface area contributed by atoms with Crippen molar-refractivity contribution in [3.05, 3.63) is 23.8 Å². The number of hydrogen-bond acceptors (Lipinski definition) is 5. The number of esters is 1. The van der Waals surface area contributed by atoms with Crippen molar-refractivity contribution in [1.82, 2.24) is 0 Å². The minimum atomic E-state index is -0.669. The molecule has 0 amide bonds. The maximum Gasteiger partial charge on any atom is 0.338 e. The lowest BCUT2D eigenvalue weighted by atomic mass is 10.2. The largest absolute Gasteiger partial charge is 0.459 e. The molecule has 1 aromatic carbocycles. The van der Waals surface area contributed by atoms with E-state index in [4.69, 9.17) is 19.3 Å². The molecule has 86 valence electrons. The minimum absolute atomic E-state index is 0.0206. The highest BCUT2D eigenvalue weighted by atomic mass is 16.7. The second kappa shape index (κ2) is 4.40. The van der Waals surface area contributed by atoms with E-state index in [1.54, 1.807) is 25.1 Å². The lowest BCUT2D eigenvalue weighted by Crippen LogP contribution is -2.15. The zero-order chi connectivity index (χ0) is 11.5. The van der Waals surface area contributed by atoms with Gasteiger partial charge < -0.3 is 19.3 Å². The van der Waals surface area contributed by atoms with Gasteiger partial charge in [0.05, 0.1) is 11.7 Å². The van der Waals surface area contributed by atoms with E-state index in [1.165, 1.54) is 0 Å². The number of ether oxygens (including phenoxy) is 3. The van der Waals surface area contributed by atoms with Crippen molar-refractivity contribution in [1.29, 1.82) is 0 Å². The molecule has 5 heteroatoms. The van der Waals surface area contributed by atoms with Crippen LogP contribution in [-0.4, -0.2) is 30.6 Å². The van der Waals surface area contributed by atoms with Gasteiger partial charge in [0, 0.05) is 0 Å². The van der Waals surface area contributed by atoms with E-state index in [2.05, 4.69) is 0 Å². The first-order valence-electron chi connectivity index (χ1n) is 4.91. The van der Waals surface area contributed by atoms with Crippen molar-refractivity contribution in [2.75, 3.05) is 13.4 Å². The van der Waals surface area contributed by atoms with Gasteiger partial charge in [0.2, 0.25) is 6.79 Å². The van der Waals surface area contributed by atoms with Crippen LogP contribution in [0.3, 0.4) is 0 Å². The average molecular weight is 224 g/mol. The summed E-state index contributed by atoms with van der Waals surface area (Å²) in [6.45, 7) is 1.70. The number of carbonyl (C=O) groups is 1. The summed E-state index contributed by atoms with van der Waals surface area (Å²) in [6.07, 6.45) is -0.669. The molecule has 0 radical (unpaired) electrons. The zero-order valence-corrected chi connectivity index (χ0v) is 8.80. The van der Waals surface area contributed by atoms with Crippen LogP contribution in [0.15, 0.2) is 18.2 Å². The van der Waals surface area contributed by atoms with Gasteiger partial charge in [0.15, 0.2) is 11.5 Å². The molecule has 0 aromatic heterocycles. The average Bonchev–Trinajstić information content (AvgIpc) is 2.72. The Kier molecular flexibility index (Phi) is 2.96. The summed E-state index contributed by atoms with van der Waals surface area (Å²) in [6, 6.07) is 4.81. The molecule has 5 nitrogen and oxygen atoms in total. The first kappa shape index (κ1) is 10.8. The van der Waals surface area contributed by atoms with E-state index in [9.17, 15) is 4.79 Å². The number of fused-ring (bicyclic) bond motifs is 1. The lowest BCUT2D eigenvalue weighted by molar-refractivity contribution is 0.0296.